The Morgan fingerprint density at radius 2 is 0.957 bits per heavy atom. The predicted molar refractivity (Wildman–Crippen MR) is 208 cm³/mol. The van der Waals surface area contributed by atoms with Crippen LogP contribution in [0.3, 0.4) is 0 Å². The molecule has 0 spiro atoms. The molecule has 0 fully saturated rings. The molecule has 2 aliphatic heterocycles. The van der Waals surface area contributed by atoms with E-state index < -0.39 is 16.1 Å². The summed E-state index contributed by atoms with van der Waals surface area (Å²) in [7, 11) is -3.70. The van der Waals surface area contributed by atoms with Crippen LogP contribution in [-0.2, 0) is 0 Å². The molecule has 47 heavy (non-hydrogen) atoms. The van der Waals surface area contributed by atoms with Crippen molar-refractivity contribution >= 4 is 64.7 Å². The van der Waals surface area contributed by atoms with Crippen molar-refractivity contribution in [3.63, 3.8) is 0 Å². The molecule has 2 heterocycles. The van der Waals surface area contributed by atoms with Crippen molar-refractivity contribution in [3.05, 3.63) is 152 Å². The zero-order chi connectivity index (χ0) is 31.9. The van der Waals surface area contributed by atoms with Gasteiger partial charge in [-0.1, -0.05) is 148 Å². The molecule has 0 saturated carbocycles. The van der Waals surface area contributed by atoms with Gasteiger partial charge in [0.2, 0.25) is 0 Å². The maximum absolute atomic E-state index is 2.53. The van der Waals surface area contributed by atoms with Crippen molar-refractivity contribution in [2.24, 2.45) is 0 Å². The van der Waals surface area contributed by atoms with E-state index in [9.17, 15) is 0 Å². The lowest BCUT2D eigenvalue weighted by atomic mass is 9.97. The van der Waals surface area contributed by atoms with Gasteiger partial charge in [-0.25, -0.2) is 0 Å². The number of hydrogen-bond acceptors (Lipinski definition) is 1. The molecule has 0 radical (unpaired) electrons. The highest BCUT2D eigenvalue weighted by Crippen LogP contribution is 2.44. The summed E-state index contributed by atoms with van der Waals surface area (Å²) < 4.78 is 0. The summed E-state index contributed by atoms with van der Waals surface area (Å²) in [6.45, 7) is 10.0. The molecule has 0 saturated heterocycles. The summed E-state index contributed by atoms with van der Waals surface area (Å²) in [6.07, 6.45) is 0. The Hall–Kier alpha value is -4.97. The van der Waals surface area contributed by atoms with E-state index in [1.54, 1.807) is 5.19 Å². The third-order valence-corrected chi connectivity index (χ3v) is 18.0. The highest BCUT2D eigenvalue weighted by molar-refractivity contribution is 7.04. The van der Waals surface area contributed by atoms with Crippen LogP contribution in [0, 0.1) is 0 Å². The number of hydrogen-bond donors (Lipinski definition) is 0. The van der Waals surface area contributed by atoms with E-state index >= 15 is 0 Å². The largest absolute Gasteiger partial charge is 0.310 e. The average Bonchev–Trinajstić information content (AvgIpc) is 3.48. The van der Waals surface area contributed by atoms with Crippen molar-refractivity contribution in [2.75, 3.05) is 4.90 Å². The molecule has 0 N–H and O–H groups in total. The summed E-state index contributed by atoms with van der Waals surface area (Å²) in [5.41, 5.74) is 11.8. The fraction of sp³-hybridized carbons (Fsp3) is 0.0909. The van der Waals surface area contributed by atoms with E-state index in [1.807, 2.05) is 0 Å². The minimum Gasteiger partial charge on any atom is -0.310 e. The minimum atomic E-state index is -1.86. The van der Waals surface area contributed by atoms with Crippen LogP contribution in [0.25, 0.3) is 44.2 Å². The van der Waals surface area contributed by atoms with Gasteiger partial charge >= 0.3 is 0 Å². The number of nitrogens with zero attached hydrogens (tertiary/aromatic N) is 1. The lowest BCUT2D eigenvalue weighted by molar-refractivity contribution is 1.29. The third kappa shape index (κ3) is 4.13. The average molecular weight is 636 g/mol. The molecule has 3 heteroatoms. The van der Waals surface area contributed by atoms with E-state index in [0.29, 0.717) is 0 Å². The summed E-state index contributed by atoms with van der Waals surface area (Å²) in [6, 6.07) is 57.0. The minimum absolute atomic E-state index is 1.18. The lowest BCUT2D eigenvalue weighted by Crippen LogP contribution is -2.49. The molecule has 0 aromatic heterocycles. The molecule has 0 amide bonds. The molecule has 0 atom stereocenters. The standard InChI is InChI=1S/C44H37NSi2/c1-46(2)41-21-10-8-17-38(41)44-39(19-12-22-42(44)46)45(33-27-28-37-36-16-7-9-20-40(36)47(3,4)43(37)29-33)32-25-23-31(24-26-32)35-18-11-14-30-13-5-6-15-34(30)35/h5-29H,1-4H3. The molecule has 0 aliphatic carbocycles. The zero-order valence-corrected chi connectivity index (χ0v) is 29.4. The number of fused-ring (bicyclic) bond motifs is 7. The van der Waals surface area contributed by atoms with Crippen molar-refractivity contribution in [1.82, 2.24) is 0 Å². The number of anilines is 3. The van der Waals surface area contributed by atoms with Gasteiger partial charge in [-0.3, -0.25) is 0 Å². The van der Waals surface area contributed by atoms with Crippen LogP contribution in [-0.4, -0.2) is 16.1 Å². The number of rotatable bonds is 4. The van der Waals surface area contributed by atoms with Crippen LogP contribution in [0.15, 0.2) is 152 Å². The molecular weight excluding hydrogens is 599 g/mol. The normalized spacial score (nSPS) is 14.7. The Balaban J connectivity index is 1.26. The molecule has 9 rings (SSSR count). The fourth-order valence-electron chi connectivity index (χ4n) is 8.45. The van der Waals surface area contributed by atoms with Crippen LogP contribution in [0.1, 0.15) is 0 Å². The smallest absolute Gasteiger partial charge is 0.113 e. The van der Waals surface area contributed by atoms with Gasteiger partial charge in [0.05, 0.1) is 5.69 Å². The lowest BCUT2D eigenvalue weighted by Gasteiger charge is -2.30. The van der Waals surface area contributed by atoms with E-state index in [1.165, 1.54) is 76.8 Å². The van der Waals surface area contributed by atoms with Gasteiger partial charge < -0.3 is 4.90 Å². The second-order valence-corrected chi connectivity index (χ2v) is 22.8. The molecule has 0 bridgehead atoms. The maximum atomic E-state index is 2.53. The Labute approximate surface area is 279 Å². The van der Waals surface area contributed by atoms with Crippen LogP contribution < -0.4 is 25.6 Å². The second-order valence-electron chi connectivity index (χ2n) is 14.2. The topological polar surface area (TPSA) is 3.24 Å². The van der Waals surface area contributed by atoms with E-state index in [-0.39, 0.29) is 0 Å². The van der Waals surface area contributed by atoms with Crippen LogP contribution in [0.5, 0.6) is 0 Å². The second kappa shape index (κ2) is 10.3. The molecule has 7 aromatic rings. The SMILES string of the molecule is C[Si]1(C)c2ccccc2-c2ccc(N(c3ccc(-c4cccc5ccccc45)cc3)c3cccc4c3-c3ccccc3[Si]4(C)C)cc21. The van der Waals surface area contributed by atoms with Crippen LogP contribution >= 0.6 is 0 Å². The van der Waals surface area contributed by atoms with Gasteiger partial charge in [-0.15, -0.1) is 0 Å². The van der Waals surface area contributed by atoms with Crippen molar-refractivity contribution in [3.8, 4) is 33.4 Å². The van der Waals surface area contributed by atoms with Gasteiger partial charge in [0, 0.05) is 16.9 Å². The third-order valence-electron chi connectivity index (χ3n) is 10.9. The first kappa shape index (κ1) is 28.3. The Morgan fingerprint density at radius 1 is 0.404 bits per heavy atom. The Bertz CT molecular complexity index is 2360. The molecule has 2 aliphatic rings. The van der Waals surface area contributed by atoms with E-state index in [4.69, 9.17) is 0 Å². The van der Waals surface area contributed by atoms with Crippen LogP contribution in [0.4, 0.5) is 17.1 Å². The molecule has 226 valence electrons. The summed E-state index contributed by atoms with van der Waals surface area (Å²) >= 11 is 0. The summed E-state index contributed by atoms with van der Waals surface area (Å²) in [5, 5.41) is 8.68. The van der Waals surface area contributed by atoms with Crippen molar-refractivity contribution in [1.29, 1.82) is 0 Å². The number of benzene rings is 7. The summed E-state index contributed by atoms with van der Waals surface area (Å²) in [4.78, 5) is 2.53. The van der Waals surface area contributed by atoms with Crippen molar-refractivity contribution < 1.29 is 0 Å². The Morgan fingerprint density at radius 3 is 1.77 bits per heavy atom. The van der Waals surface area contributed by atoms with Gasteiger partial charge in [-0.05, 0) is 89.7 Å². The highest BCUT2D eigenvalue weighted by atomic mass is 28.3. The predicted octanol–water partition coefficient (Wildman–Crippen LogP) is 9.58. The van der Waals surface area contributed by atoms with E-state index in [0.717, 1.165) is 0 Å². The van der Waals surface area contributed by atoms with Gasteiger partial charge in [0.1, 0.15) is 16.1 Å². The first-order chi connectivity index (χ1) is 22.8. The zero-order valence-electron chi connectivity index (χ0n) is 27.4. The molecule has 0 unspecified atom stereocenters. The maximum Gasteiger partial charge on any atom is 0.113 e. The van der Waals surface area contributed by atoms with Gasteiger partial charge in [0.15, 0.2) is 0 Å². The van der Waals surface area contributed by atoms with Crippen LogP contribution in [0.2, 0.25) is 26.2 Å². The molecule has 1 nitrogen and oxygen atoms in total. The van der Waals surface area contributed by atoms with E-state index in [2.05, 4.69) is 183 Å². The Kier molecular flexibility index (Phi) is 6.18. The highest BCUT2D eigenvalue weighted by Gasteiger charge is 2.40. The van der Waals surface area contributed by atoms with Gasteiger partial charge in [0.25, 0.3) is 0 Å². The molecular formula is C44H37NSi2. The van der Waals surface area contributed by atoms with Crippen molar-refractivity contribution in [2.45, 2.75) is 26.2 Å². The monoisotopic (exact) mass is 635 g/mol. The first-order valence-electron chi connectivity index (χ1n) is 16.7. The van der Waals surface area contributed by atoms with Gasteiger partial charge in [-0.2, -0.15) is 0 Å². The fourth-order valence-corrected chi connectivity index (χ4v) is 14.6. The first-order valence-corrected chi connectivity index (χ1v) is 22.7. The quantitative estimate of drug-likeness (QED) is 0.174. The summed E-state index contributed by atoms with van der Waals surface area (Å²) in [5.74, 6) is 0. The molecule has 7 aromatic carbocycles.